The summed E-state index contributed by atoms with van der Waals surface area (Å²) in [6.45, 7) is 14.0. The summed E-state index contributed by atoms with van der Waals surface area (Å²) in [6, 6.07) is 6.91. The molecule has 1 N–H and O–H groups in total. The van der Waals surface area contributed by atoms with E-state index in [1.54, 1.807) is 6.33 Å². The number of benzene rings is 1. The Bertz CT molecular complexity index is 1410. The van der Waals surface area contributed by atoms with Gasteiger partial charge in [0, 0.05) is 35.8 Å². The fourth-order valence-corrected chi connectivity index (χ4v) is 5.66. The molecule has 1 amide bonds. The van der Waals surface area contributed by atoms with Crippen molar-refractivity contribution in [3.63, 3.8) is 0 Å². The lowest BCUT2D eigenvalue weighted by Gasteiger charge is -2.33. The third-order valence-electron chi connectivity index (χ3n) is 8.10. The number of likely N-dealkylation sites (N-methyl/N-ethyl adjacent to an activating group) is 1. The van der Waals surface area contributed by atoms with Gasteiger partial charge < -0.3 is 9.88 Å². The Morgan fingerprint density at radius 1 is 1.19 bits per heavy atom. The first-order valence-electron chi connectivity index (χ1n) is 13.2. The van der Waals surface area contributed by atoms with Gasteiger partial charge >= 0.3 is 0 Å². The van der Waals surface area contributed by atoms with Crippen LogP contribution in [0.2, 0.25) is 0 Å². The topological polar surface area (TPSA) is 69.5 Å². The van der Waals surface area contributed by atoms with Gasteiger partial charge in [0.15, 0.2) is 5.65 Å². The van der Waals surface area contributed by atoms with E-state index >= 15 is 0 Å². The van der Waals surface area contributed by atoms with Crippen molar-refractivity contribution in [2.45, 2.75) is 59.3 Å². The van der Waals surface area contributed by atoms with E-state index in [0.29, 0.717) is 18.4 Å². The molecule has 0 aliphatic carbocycles. The Hall–Kier alpha value is -3.19. The molecule has 7 nitrogen and oxygen atoms in total. The maximum atomic E-state index is 12.6. The lowest BCUT2D eigenvalue weighted by molar-refractivity contribution is -0.133. The number of aryl methyl sites for hydroxylation is 1. The average molecular weight is 487 g/mol. The molecule has 1 aliphatic rings. The van der Waals surface area contributed by atoms with Gasteiger partial charge in [-0.05, 0) is 86.5 Å². The van der Waals surface area contributed by atoms with E-state index in [-0.39, 0.29) is 5.91 Å². The molecule has 190 valence electrons. The van der Waals surface area contributed by atoms with Crippen LogP contribution in [0.25, 0.3) is 27.8 Å². The van der Waals surface area contributed by atoms with E-state index in [2.05, 4.69) is 79.0 Å². The number of piperidine rings is 1. The zero-order valence-corrected chi connectivity index (χ0v) is 22.4. The number of H-pyrrole nitrogens is 1. The standard InChI is InChI=1S/C29H38N6O/c1-7-33(6)16-26(36)34-12-10-21(11-13-34)22-8-9-25-23(14-22)27(18(2)3)28(32-25)24-15-35-29(30-17-31-35)20(5)19(24)4/h8-9,14-15,17-18,21,32H,7,10-13,16H2,1-6H3. The molecule has 5 rings (SSSR count). The highest BCUT2D eigenvalue weighted by atomic mass is 16.2. The summed E-state index contributed by atoms with van der Waals surface area (Å²) in [5, 5.41) is 5.71. The molecule has 4 heterocycles. The summed E-state index contributed by atoms with van der Waals surface area (Å²) in [7, 11) is 2.00. The highest BCUT2D eigenvalue weighted by molar-refractivity contribution is 5.92. The average Bonchev–Trinajstić information content (AvgIpc) is 3.50. The molecule has 0 saturated carbocycles. The second-order valence-electron chi connectivity index (χ2n) is 10.7. The van der Waals surface area contributed by atoms with Gasteiger partial charge in [0.05, 0.1) is 12.2 Å². The van der Waals surface area contributed by atoms with E-state index in [1.165, 1.54) is 38.9 Å². The number of carbonyl (C=O) groups is 1. The molecule has 1 saturated heterocycles. The molecule has 1 aromatic carbocycles. The lowest BCUT2D eigenvalue weighted by atomic mass is 9.87. The van der Waals surface area contributed by atoms with E-state index in [9.17, 15) is 4.79 Å². The van der Waals surface area contributed by atoms with Crippen LogP contribution >= 0.6 is 0 Å². The molecule has 1 aliphatic heterocycles. The number of fused-ring (bicyclic) bond motifs is 2. The predicted octanol–water partition coefficient (Wildman–Crippen LogP) is 5.28. The van der Waals surface area contributed by atoms with E-state index < -0.39 is 0 Å². The molecule has 0 bridgehead atoms. The lowest BCUT2D eigenvalue weighted by Crippen LogP contribution is -2.43. The molecule has 0 spiro atoms. The van der Waals surface area contributed by atoms with Crippen LogP contribution in [0.1, 0.15) is 67.7 Å². The number of rotatable bonds is 6. The smallest absolute Gasteiger partial charge is 0.236 e. The fourth-order valence-electron chi connectivity index (χ4n) is 5.66. The van der Waals surface area contributed by atoms with Crippen molar-refractivity contribution in [1.29, 1.82) is 0 Å². The summed E-state index contributed by atoms with van der Waals surface area (Å²) in [6.07, 6.45) is 5.75. The van der Waals surface area contributed by atoms with Gasteiger partial charge in [-0.2, -0.15) is 5.10 Å². The molecule has 0 atom stereocenters. The third kappa shape index (κ3) is 4.30. The number of aromatic nitrogens is 4. The van der Waals surface area contributed by atoms with Gasteiger partial charge in [-0.1, -0.05) is 26.8 Å². The van der Waals surface area contributed by atoms with Crippen LogP contribution in [0.4, 0.5) is 0 Å². The Kier molecular flexibility index (Phi) is 6.60. The van der Waals surface area contributed by atoms with Crippen LogP contribution in [-0.4, -0.2) is 68.5 Å². The SMILES string of the molecule is CCN(C)CC(=O)N1CCC(c2ccc3[nH]c(-c4cn5ncnc5c(C)c4C)c(C(C)C)c3c2)CC1. The minimum atomic E-state index is 0.251. The van der Waals surface area contributed by atoms with Crippen LogP contribution in [0.15, 0.2) is 30.7 Å². The Labute approximate surface area is 213 Å². The first kappa shape index (κ1) is 24.5. The zero-order valence-electron chi connectivity index (χ0n) is 22.4. The molecule has 0 unspecified atom stereocenters. The monoisotopic (exact) mass is 486 g/mol. The Morgan fingerprint density at radius 2 is 1.94 bits per heavy atom. The van der Waals surface area contributed by atoms with Gasteiger partial charge in [-0.15, -0.1) is 0 Å². The summed E-state index contributed by atoms with van der Waals surface area (Å²) < 4.78 is 1.88. The van der Waals surface area contributed by atoms with Crippen LogP contribution in [0.5, 0.6) is 0 Å². The summed E-state index contributed by atoms with van der Waals surface area (Å²) in [4.78, 5) is 24.9. The summed E-state index contributed by atoms with van der Waals surface area (Å²) in [5.74, 6) is 1.10. The largest absolute Gasteiger partial charge is 0.354 e. The maximum absolute atomic E-state index is 12.6. The van der Waals surface area contributed by atoms with Crippen LogP contribution in [0.3, 0.4) is 0 Å². The highest BCUT2D eigenvalue weighted by Gasteiger charge is 2.26. The number of nitrogens with zero attached hydrogens (tertiary/aromatic N) is 5. The maximum Gasteiger partial charge on any atom is 0.236 e. The fraction of sp³-hybridized carbons (Fsp3) is 0.483. The molecule has 7 heteroatoms. The quantitative estimate of drug-likeness (QED) is 0.403. The van der Waals surface area contributed by atoms with Crippen molar-refractivity contribution in [2.75, 3.05) is 33.2 Å². The van der Waals surface area contributed by atoms with Crippen LogP contribution in [-0.2, 0) is 4.79 Å². The molecule has 0 radical (unpaired) electrons. The normalized spacial score (nSPS) is 15.2. The van der Waals surface area contributed by atoms with Crippen molar-refractivity contribution < 1.29 is 4.79 Å². The van der Waals surface area contributed by atoms with Gasteiger partial charge in [0.2, 0.25) is 5.91 Å². The number of hydrogen-bond donors (Lipinski definition) is 1. The van der Waals surface area contributed by atoms with Crippen molar-refractivity contribution in [1.82, 2.24) is 29.4 Å². The van der Waals surface area contributed by atoms with Gasteiger partial charge in [0.1, 0.15) is 6.33 Å². The second-order valence-corrected chi connectivity index (χ2v) is 10.7. The van der Waals surface area contributed by atoms with E-state index in [0.717, 1.165) is 43.7 Å². The van der Waals surface area contributed by atoms with Crippen molar-refractivity contribution in [2.24, 2.45) is 0 Å². The first-order chi connectivity index (χ1) is 17.3. The van der Waals surface area contributed by atoms with Crippen molar-refractivity contribution in [3.05, 3.63) is 53.0 Å². The number of aromatic amines is 1. The molecular formula is C29H38N6O. The number of hydrogen-bond acceptors (Lipinski definition) is 4. The minimum absolute atomic E-state index is 0.251. The molecule has 36 heavy (non-hydrogen) atoms. The third-order valence-corrected chi connectivity index (χ3v) is 8.10. The van der Waals surface area contributed by atoms with Gasteiger partial charge in [0.25, 0.3) is 0 Å². The Morgan fingerprint density at radius 3 is 2.64 bits per heavy atom. The predicted molar refractivity (Wildman–Crippen MR) is 146 cm³/mol. The number of carbonyl (C=O) groups excluding carboxylic acids is 1. The molecule has 4 aromatic rings. The van der Waals surface area contributed by atoms with Gasteiger partial charge in [-0.3, -0.25) is 9.69 Å². The number of amides is 1. The summed E-state index contributed by atoms with van der Waals surface area (Å²) in [5.41, 5.74) is 9.55. The minimum Gasteiger partial charge on any atom is -0.354 e. The van der Waals surface area contributed by atoms with E-state index in [4.69, 9.17) is 0 Å². The molecule has 3 aromatic heterocycles. The molecular weight excluding hydrogens is 448 g/mol. The zero-order chi connectivity index (χ0) is 25.6. The van der Waals surface area contributed by atoms with Crippen molar-refractivity contribution >= 4 is 22.5 Å². The highest BCUT2D eigenvalue weighted by Crippen LogP contribution is 2.39. The summed E-state index contributed by atoms with van der Waals surface area (Å²) >= 11 is 0. The number of nitrogens with one attached hydrogen (secondary N) is 1. The first-order valence-corrected chi connectivity index (χ1v) is 13.2. The van der Waals surface area contributed by atoms with Crippen LogP contribution in [0, 0.1) is 13.8 Å². The van der Waals surface area contributed by atoms with E-state index in [1.807, 2.05) is 16.5 Å². The van der Waals surface area contributed by atoms with Crippen LogP contribution < -0.4 is 0 Å². The van der Waals surface area contributed by atoms with Gasteiger partial charge in [-0.25, -0.2) is 9.50 Å². The number of likely N-dealkylation sites (tertiary alicyclic amines) is 1. The molecule has 1 fully saturated rings. The van der Waals surface area contributed by atoms with Crippen molar-refractivity contribution in [3.8, 4) is 11.3 Å². The second kappa shape index (κ2) is 9.69. The Balaban J connectivity index is 1.46. The number of pyridine rings is 1.